The van der Waals surface area contributed by atoms with Crippen molar-refractivity contribution in [1.29, 1.82) is 0 Å². The fraction of sp³-hybridized carbons (Fsp3) is 0.611. The summed E-state index contributed by atoms with van der Waals surface area (Å²) in [5.41, 5.74) is 0. The van der Waals surface area contributed by atoms with E-state index in [4.69, 9.17) is 9.47 Å². The van der Waals surface area contributed by atoms with E-state index in [1.165, 1.54) is 0 Å². The van der Waals surface area contributed by atoms with Gasteiger partial charge in [-0.25, -0.2) is 0 Å². The van der Waals surface area contributed by atoms with Crippen LogP contribution in [-0.2, 0) is 4.79 Å². The molecule has 130 valence electrons. The van der Waals surface area contributed by atoms with Crippen molar-refractivity contribution in [3.63, 3.8) is 0 Å². The predicted molar refractivity (Wildman–Crippen MR) is 94.6 cm³/mol. The summed E-state index contributed by atoms with van der Waals surface area (Å²) in [6, 6.07) is 8.15. The summed E-state index contributed by atoms with van der Waals surface area (Å²) in [7, 11) is 1.95. The summed E-state index contributed by atoms with van der Waals surface area (Å²) in [6.45, 7) is 4.80. The highest BCUT2D eigenvalue weighted by molar-refractivity contribution is 8.01. The number of nitrogens with zero attached hydrogens (tertiary/aromatic N) is 2. The molecule has 1 aromatic carbocycles. The Bertz CT molecular complexity index is 630. The Kier molecular flexibility index (Phi) is 4.12. The second-order valence-electron chi connectivity index (χ2n) is 6.88. The van der Waals surface area contributed by atoms with E-state index in [1.807, 2.05) is 48.0 Å². The summed E-state index contributed by atoms with van der Waals surface area (Å²) in [6.07, 6.45) is 2.09. The van der Waals surface area contributed by atoms with Crippen LogP contribution in [0.5, 0.6) is 11.5 Å². The smallest absolute Gasteiger partial charge is 0.233 e. The standard InChI is InChI=1S/C18H24N2O3S/c1-13(16-11-22-14-5-3-4-6-15(14)23-16)20-9-7-18(8-10-20)19(2)17(21)12-24-18/h3-6,13,16H,7-12H2,1-2H3. The lowest BCUT2D eigenvalue weighted by molar-refractivity contribution is -0.129. The van der Waals surface area contributed by atoms with Gasteiger partial charge < -0.3 is 14.4 Å². The van der Waals surface area contributed by atoms with Crippen LogP contribution in [0, 0.1) is 0 Å². The number of carbonyl (C=O) groups is 1. The number of fused-ring (bicyclic) bond motifs is 1. The largest absolute Gasteiger partial charge is 0.486 e. The van der Waals surface area contributed by atoms with Gasteiger partial charge in [0.05, 0.1) is 10.6 Å². The van der Waals surface area contributed by atoms with Crippen LogP contribution in [0.4, 0.5) is 0 Å². The SMILES string of the molecule is CC(C1COc2ccccc2O1)N1CCC2(CC1)SCC(=O)N2C. The van der Waals surface area contributed by atoms with E-state index in [9.17, 15) is 4.79 Å². The summed E-state index contributed by atoms with van der Waals surface area (Å²) in [5, 5.41) is 0. The quantitative estimate of drug-likeness (QED) is 0.820. The van der Waals surface area contributed by atoms with Crippen LogP contribution < -0.4 is 9.47 Å². The Balaban J connectivity index is 1.39. The number of thioether (sulfide) groups is 1. The monoisotopic (exact) mass is 348 g/mol. The molecule has 24 heavy (non-hydrogen) atoms. The molecule has 1 amide bonds. The van der Waals surface area contributed by atoms with Gasteiger partial charge in [-0.05, 0) is 31.9 Å². The van der Waals surface area contributed by atoms with Gasteiger partial charge in [-0.3, -0.25) is 9.69 Å². The topological polar surface area (TPSA) is 42.0 Å². The summed E-state index contributed by atoms with van der Waals surface area (Å²) >= 11 is 1.82. The van der Waals surface area contributed by atoms with Crippen LogP contribution in [0.2, 0.25) is 0 Å². The van der Waals surface area contributed by atoms with Crippen LogP contribution in [0.15, 0.2) is 24.3 Å². The zero-order chi connectivity index (χ0) is 16.7. The second-order valence-corrected chi connectivity index (χ2v) is 8.22. The van der Waals surface area contributed by atoms with Crippen molar-refractivity contribution in [1.82, 2.24) is 9.80 Å². The molecule has 2 fully saturated rings. The van der Waals surface area contributed by atoms with Gasteiger partial charge >= 0.3 is 0 Å². The minimum atomic E-state index is 0.0177. The third-order valence-corrected chi connectivity index (χ3v) is 7.28. The van der Waals surface area contributed by atoms with Gasteiger partial charge in [-0.15, -0.1) is 11.8 Å². The number of likely N-dealkylation sites (tertiary alicyclic amines) is 1. The van der Waals surface area contributed by atoms with Crippen LogP contribution in [0.1, 0.15) is 19.8 Å². The Hall–Kier alpha value is -1.40. The van der Waals surface area contributed by atoms with Crippen molar-refractivity contribution in [3.05, 3.63) is 24.3 Å². The first-order valence-electron chi connectivity index (χ1n) is 8.62. The number of carbonyl (C=O) groups excluding carboxylic acids is 1. The van der Waals surface area contributed by atoms with Gasteiger partial charge in [0, 0.05) is 26.2 Å². The molecule has 0 N–H and O–H groups in total. The molecule has 0 bridgehead atoms. The summed E-state index contributed by atoms with van der Waals surface area (Å²) < 4.78 is 12.0. The van der Waals surface area contributed by atoms with E-state index in [0.717, 1.165) is 37.4 Å². The van der Waals surface area contributed by atoms with Gasteiger partial charge in [-0.1, -0.05) is 12.1 Å². The molecule has 2 unspecified atom stereocenters. The maximum Gasteiger partial charge on any atom is 0.233 e. The van der Waals surface area contributed by atoms with Crippen LogP contribution in [0.3, 0.4) is 0 Å². The molecule has 1 aromatic rings. The zero-order valence-corrected chi connectivity index (χ0v) is 15.1. The lowest BCUT2D eigenvalue weighted by Crippen LogP contribution is -2.56. The molecular weight excluding hydrogens is 324 g/mol. The number of rotatable bonds is 2. The van der Waals surface area contributed by atoms with E-state index in [2.05, 4.69) is 11.8 Å². The van der Waals surface area contributed by atoms with Gasteiger partial charge in [0.15, 0.2) is 11.5 Å². The third kappa shape index (κ3) is 2.65. The number of hydrogen-bond donors (Lipinski definition) is 0. The summed E-state index contributed by atoms with van der Waals surface area (Å²) in [4.78, 5) is 16.3. The second kappa shape index (κ2) is 6.15. The van der Waals surface area contributed by atoms with E-state index < -0.39 is 0 Å². The third-order valence-electron chi connectivity index (χ3n) is 5.67. The minimum Gasteiger partial charge on any atom is -0.486 e. The Morgan fingerprint density at radius 3 is 2.62 bits per heavy atom. The van der Waals surface area contributed by atoms with E-state index in [-0.39, 0.29) is 16.9 Å². The lowest BCUT2D eigenvalue weighted by Gasteiger charge is -2.46. The number of benzene rings is 1. The van der Waals surface area contributed by atoms with Crippen molar-refractivity contribution < 1.29 is 14.3 Å². The molecule has 3 heterocycles. The maximum absolute atomic E-state index is 11.9. The highest BCUT2D eigenvalue weighted by Crippen LogP contribution is 2.44. The van der Waals surface area contributed by atoms with Crippen molar-refractivity contribution >= 4 is 17.7 Å². The molecule has 2 atom stereocenters. The molecule has 0 aliphatic carbocycles. The lowest BCUT2D eigenvalue weighted by atomic mass is 9.99. The Morgan fingerprint density at radius 1 is 1.25 bits per heavy atom. The van der Waals surface area contributed by atoms with Gasteiger partial charge in [0.1, 0.15) is 12.7 Å². The van der Waals surface area contributed by atoms with Crippen molar-refractivity contribution in [2.45, 2.75) is 36.8 Å². The van der Waals surface area contributed by atoms with Crippen LogP contribution >= 0.6 is 11.8 Å². The first kappa shape index (κ1) is 16.1. The van der Waals surface area contributed by atoms with Gasteiger partial charge in [0.25, 0.3) is 0 Å². The molecule has 4 rings (SSSR count). The number of ether oxygens (including phenoxy) is 2. The first-order chi connectivity index (χ1) is 11.6. The first-order valence-corrected chi connectivity index (χ1v) is 9.61. The van der Waals surface area contributed by atoms with Crippen LogP contribution in [-0.4, -0.2) is 65.2 Å². The number of para-hydroxylation sites is 2. The van der Waals surface area contributed by atoms with E-state index >= 15 is 0 Å². The molecule has 0 radical (unpaired) electrons. The van der Waals surface area contributed by atoms with Crippen molar-refractivity contribution in [2.75, 3.05) is 32.5 Å². The van der Waals surface area contributed by atoms with E-state index in [1.54, 1.807) is 0 Å². The minimum absolute atomic E-state index is 0.0177. The molecule has 0 aromatic heterocycles. The molecule has 5 nitrogen and oxygen atoms in total. The molecule has 0 saturated carbocycles. The molecule has 2 saturated heterocycles. The number of hydrogen-bond acceptors (Lipinski definition) is 5. The highest BCUT2D eigenvalue weighted by Gasteiger charge is 2.47. The number of piperidine rings is 1. The Morgan fingerprint density at radius 2 is 1.96 bits per heavy atom. The fourth-order valence-electron chi connectivity index (χ4n) is 3.89. The average Bonchev–Trinajstić information content (AvgIpc) is 2.90. The molecule has 3 aliphatic heterocycles. The van der Waals surface area contributed by atoms with Gasteiger partial charge in [-0.2, -0.15) is 0 Å². The molecular formula is C18H24N2O3S. The Labute approximate surface area is 147 Å². The fourth-order valence-corrected chi connectivity index (χ4v) is 5.24. The number of amides is 1. The highest BCUT2D eigenvalue weighted by atomic mass is 32.2. The average molecular weight is 348 g/mol. The molecule has 1 spiro atoms. The van der Waals surface area contributed by atoms with Crippen LogP contribution in [0.25, 0.3) is 0 Å². The van der Waals surface area contributed by atoms with Gasteiger partial charge in [0.2, 0.25) is 5.91 Å². The zero-order valence-electron chi connectivity index (χ0n) is 14.2. The molecule has 6 heteroatoms. The molecule has 3 aliphatic rings. The van der Waals surface area contributed by atoms with Crippen molar-refractivity contribution in [3.8, 4) is 11.5 Å². The maximum atomic E-state index is 11.9. The summed E-state index contributed by atoms with van der Waals surface area (Å²) in [5.74, 6) is 2.57. The predicted octanol–water partition coefficient (Wildman–Crippen LogP) is 2.21. The normalized spacial score (nSPS) is 27.5. The van der Waals surface area contributed by atoms with E-state index in [0.29, 0.717) is 18.4 Å². The van der Waals surface area contributed by atoms with Crippen molar-refractivity contribution in [2.24, 2.45) is 0 Å².